The zero-order chi connectivity index (χ0) is 15.2. The Labute approximate surface area is 127 Å². The van der Waals surface area contributed by atoms with Crippen molar-refractivity contribution >= 4 is 11.7 Å². The van der Waals surface area contributed by atoms with Gasteiger partial charge in [0.05, 0.1) is 0 Å². The summed E-state index contributed by atoms with van der Waals surface area (Å²) in [5, 5.41) is 3.11. The van der Waals surface area contributed by atoms with E-state index in [4.69, 9.17) is 0 Å². The van der Waals surface area contributed by atoms with Crippen LogP contribution < -0.4 is 5.32 Å². The van der Waals surface area contributed by atoms with E-state index in [0.717, 1.165) is 6.42 Å². The van der Waals surface area contributed by atoms with Crippen LogP contribution in [0.2, 0.25) is 0 Å². The molecular formula is C18H25NO2. The van der Waals surface area contributed by atoms with Crippen molar-refractivity contribution in [3.05, 3.63) is 35.9 Å². The molecule has 114 valence electrons. The van der Waals surface area contributed by atoms with Crippen molar-refractivity contribution in [2.24, 2.45) is 11.8 Å². The van der Waals surface area contributed by atoms with Crippen LogP contribution in [0.3, 0.4) is 0 Å². The van der Waals surface area contributed by atoms with Gasteiger partial charge in [-0.3, -0.25) is 9.59 Å². The first-order valence-corrected chi connectivity index (χ1v) is 7.95. The number of carbonyl (C=O) groups is 2. The van der Waals surface area contributed by atoms with Gasteiger partial charge in [-0.15, -0.1) is 0 Å². The van der Waals surface area contributed by atoms with E-state index >= 15 is 0 Å². The van der Waals surface area contributed by atoms with E-state index in [1.165, 1.54) is 12.8 Å². The van der Waals surface area contributed by atoms with Gasteiger partial charge in [-0.1, -0.05) is 57.0 Å². The molecule has 2 rings (SSSR count). The molecule has 0 saturated heterocycles. The van der Waals surface area contributed by atoms with E-state index in [-0.39, 0.29) is 30.6 Å². The van der Waals surface area contributed by atoms with Gasteiger partial charge in [0.1, 0.15) is 0 Å². The van der Waals surface area contributed by atoms with Gasteiger partial charge in [0.15, 0.2) is 5.78 Å². The number of hydrogen-bond donors (Lipinski definition) is 1. The van der Waals surface area contributed by atoms with Crippen molar-refractivity contribution in [3.63, 3.8) is 0 Å². The van der Waals surface area contributed by atoms with Crippen LogP contribution in [0, 0.1) is 11.8 Å². The first-order chi connectivity index (χ1) is 10.1. The summed E-state index contributed by atoms with van der Waals surface area (Å²) in [7, 11) is 0. The third kappa shape index (κ3) is 4.42. The van der Waals surface area contributed by atoms with Gasteiger partial charge in [0.2, 0.25) is 5.91 Å². The molecule has 0 aliphatic heterocycles. The molecule has 1 N–H and O–H groups in total. The summed E-state index contributed by atoms with van der Waals surface area (Å²) in [5.41, 5.74) is 0.685. The van der Waals surface area contributed by atoms with E-state index in [1.54, 1.807) is 12.1 Å². The predicted molar refractivity (Wildman–Crippen MR) is 84.1 cm³/mol. The van der Waals surface area contributed by atoms with E-state index in [0.29, 0.717) is 17.4 Å². The molecule has 1 aromatic carbocycles. The number of hydrogen-bond acceptors (Lipinski definition) is 2. The van der Waals surface area contributed by atoms with Gasteiger partial charge in [0, 0.05) is 24.4 Å². The van der Waals surface area contributed by atoms with Crippen LogP contribution in [0.1, 0.15) is 56.3 Å². The van der Waals surface area contributed by atoms with Gasteiger partial charge in [-0.05, 0) is 18.3 Å². The molecule has 3 atom stereocenters. The maximum atomic E-state index is 12.0. The Hall–Kier alpha value is -1.64. The highest BCUT2D eigenvalue weighted by Crippen LogP contribution is 2.29. The Morgan fingerprint density at radius 2 is 1.81 bits per heavy atom. The maximum Gasteiger partial charge on any atom is 0.220 e. The fourth-order valence-electron chi connectivity index (χ4n) is 3.06. The number of nitrogens with one attached hydrogen (secondary N) is 1. The standard InChI is InChI=1S/C18H25NO2/c1-13-7-6-10-16(14(13)2)19-18(21)12-11-17(20)15-8-4-3-5-9-15/h3-5,8-9,13-14,16H,6-7,10-12H2,1-2H3,(H,19,21)/t13-,14-,16+/m1/s1. The van der Waals surface area contributed by atoms with Gasteiger partial charge in [-0.25, -0.2) is 0 Å². The lowest BCUT2D eigenvalue weighted by atomic mass is 9.78. The second-order valence-corrected chi connectivity index (χ2v) is 6.23. The Morgan fingerprint density at radius 3 is 2.52 bits per heavy atom. The highest BCUT2D eigenvalue weighted by atomic mass is 16.2. The van der Waals surface area contributed by atoms with Gasteiger partial charge in [0.25, 0.3) is 0 Å². The Balaban J connectivity index is 1.78. The van der Waals surface area contributed by atoms with E-state index < -0.39 is 0 Å². The fraction of sp³-hybridized carbons (Fsp3) is 0.556. The van der Waals surface area contributed by atoms with Gasteiger partial charge in [-0.2, -0.15) is 0 Å². The molecule has 1 aliphatic carbocycles. The summed E-state index contributed by atoms with van der Waals surface area (Å²) in [5.74, 6) is 1.23. The quantitative estimate of drug-likeness (QED) is 0.841. The van der Waals surface area contributed by atoms with Crippen molar-refractivity contribution in [3.8, 4) is 0 Å². The third-order valence-electron chi connectivity index (χ3n) is 4.73. The number of benzene rings is 1. The number of Topliss-reactive ketones (excluding diaryl/α,β-unsaturated/α-hetero) is 1. The van der Waals surface area contributed by atoms with Gasteiger partial charge >= 0.3 is 0 Å². The van der Waals surface area contributed by atoms with Crippen molar-refractivity contribution in [2.45, 2.75) is 52.0 Å². The smallest absolute Gasteiger partial charge is 0.220 e. The molecule has 1 saturated carbocycles. The molecule has 0 bridgehead atoms. The highest BCUT2D eigenvalue weighted by Gasteiger charge is 2.28. The summed E-state index contributed by atoms with van der Waals surface area (Å²) in [6.45, 7) is 4.46. The first-order valence-electron chi connectivity index (χ1n) is 7.95. The van der Waals surface area contributed by atoms with E-state index in [2.05, 4.69) is 19.2 Å². The summed E-state index contributed by atoms with van der Waals surface area (Å²) in [6, 6.07) is 9.44. The number of amides is 1. The minimum absolute atomic E-state index is 0.00484. The lowest BCUT2D eigenvalue weighted by Gasteiger charge is -2.34. The SMILES string of the molecule is C[C@@H]1[C@H](C)CCC[C@@H]1NC(=O)CCC(=O)c1ccccc1. The molecular weight excluding hydrogens is 262 g/mol. The van der Waals surface area contributed by atoms with Crippen LogP contribution in [0.15, 0.2) is 30.3 Å². The van der Waals surface area contributed by atoms with Crippen LogP contribution >= 0.6 is 0 Å². The Bertz CT molecular complexity index is 483. The van der Waals surface area contributed by atoms with E-state index in [9.17, 15) is 9.59 Å². The molecule has 1 amide bonds. The van der Waals surface area contributed by atoms with Crippen LogP contribution in [0.4, 0.5) is 0 Å². The van der Waals surface area contributed by atoms with Crippen LogP contribution in [-0.2, 0) is 4.79 Å². The van der Waals surface area contributed by atoms with Crippen LogP contribution in [0.5, 0.6) is 0 Å². The minimum atomic E-state index is 0.00484. The molecule has 1 aromatic rings. The number of rotatable bonds is 5. The topological polar surface area (TPSA) is 46.2 Å². The third-order valence-corrected chi connectivity index (χ3v) is 4.73. The average molecular weight is 287 g/mol. The molecule has 3 nitrogen and oxygen atoms in total. The largest absolute Gasteiger partial charge is 0.353 e. The highest BCUT2D eigenvalue weighted by molar-refractivity contribution is 5.97. The van der Waals surface area contributed by atoms with Crippen LogP contribution in [0.25, 0.3) is 0 Å². The maximum absolute atomic E-state index is 12.0. The first kappa shape index (κ1) is 15.7. The zero-order valence-electron chi connectivity index (χ0n) is 13.0. The Morgan fingerprint density at radius 1 is 1.10 bits per heavy atom. The molecule has 0 heterocycles. The Kier molecular flexibility index (Phi) is 5.54. The summed E-state index contributed by atoms with van der Waals surface area (Å²) >= 11 is 0. The van der Waals surface area contributed by atoms with Gasteiger partial charge < -0.3 is 5.32 Å². The monoisotopic (exact) mass is 287 g/mol. The fourth-order valence-corrected chi connectivity index (χ4v) is 3.06. The van der Waals surface area contributed by atoms with Crippen molar-refractivity contribution in [1.29, 1.82) is 0 Å². The second-order valence-electron chi connectivity index (χ2n) is 6.23. The minimum Gasteiger partial charge on any atom is -0.353 e. The summed E-state index contributed by atoms with van der Waals surface area (Å²) in [6.07, 6.45) is 4.06. The second kappa shape index (κ2) is 7.39. The predicted octanol–water partition coefficient (Wildman–Crippen LogP) is 3.59. The summed E-state index contributed by atoms with van der Waals surface area (Å²) in [4.78, 5) is 24.0. The zero-order valence-corrected chi connectivity index (χ0v) is 13.0. The average Bonchev–Trinajstić information content (AvgIpc) is 2.50. The molecule has 1 aliphatic rings. The lowest BCUT2D eigenvalue weighted by Crippen LogP contribution is -2.43. The van der Waals surface area contributed by atoms with Crippen molar-refractivity contribution in [1.82, 2.24) is 5.32 Å². The van der Waals surface area contributed by atoms with Crippen LogP contribution in [-0.4, -0.2) is 17.7 Å². The molecule has 21 heavy (non-hydrogen) atoms. The molecule has 1 fully saturated rings. The normalized spacial score (nSPS) is 25.3. The molecule has 0 aromatic heterocycles. The molecule has 0 radical (unpaired) electrons. The number of ketones is 1. The molecule has 0 unspecified atom stereocenters. The van der Waals surface area contributed by atoms with Crippen molar-refractivity contribution in [2.75, 3.05) is 0 Å². The van der Waals surface area contributed by atoms with E-state index in [1.807, 2.05) is 18.2 Å². The summed E-state index contributed by atoms with van der Waals surface area (Å²) < 4.78 is 0. The van der Waals surface area contributed by atoms with Crippen molar-refractivity contribution < 1.29 is 9.59 Å². The molecule has 0 spiro atoms. The molecule has 3 heteroatoms. The lowest BCUT2D eigenvalue weighted by molar-refractivity contribution is -0.122. The number of carbonyl (C=O) groups excluding carboxylic acids is 2.